The first kappa shape index (κ1) is 29.9. The number of nitrogens with one attached hydrogen (secondary N) is 2. The molecule has 0 bridgehead atoms. The van der Waals surface area contributed by atoms with Gasteiger partial charge >= 0.3 is 0 Å². The predicted octanol–water partition coefficient (Wildman–Crippen LogP) is 8.51. The van der Waals surface area contributed by atoms with Crippen LogP contribution in [-0.4, -0.2) is 23.7 Å². The lowest BCUT2D eigenvalue weighted by atomic mass is 10.1. The van der Waals surface area contributed by atoms with Gasteiger partial charge in [0.15, 0.2) is 16.6 Å². The molecule has 43 heavy (non-hydrogen) atoms. The number of hydrazone groups is 1. The number of benzene rings is 4. The minimum absolute atomic E-state index is 0.0432. The molecule has 0 spiro atoms. The third-order valence-corrected chi connectivity index (χ3v) is 7.64. The van der Waals surface area contributed by atoms with Gasteiger partial charge in [0.25, 0.3) is 5.91 Å². The van der Waals surface area contributed by atoms with Crippen molar-refractivity contribution in [1.29, 1.82) is 0 Å². The Morgan fingerprint density at radius 3 is 2.56 bits per heavy atom. The number of amides is 1. The summed E-state index contributed by atoms with van der Waals surface area (Å²) in [4.78, 5) is 17.4. The molecule has 7 nitrogen and oxygen atoms in total. The molecule has 0 atom stereocenters. The Labute approximate surface area is 261 Å². The van der Waals surface area contributed by atoms with Crippen LogP contribution >= 0.6 is 27.3 Å². The number of halogens is 2. The van der Waals surface area contributed by atoms with Crippen LogP contribution in [0.25, 0.3) is 11.3 Å². The number of ether oxygens (including phenoxy) is 2. The minimum atomic E-state index is -0.350. The first-order valence-electron chi connectivity index (χ1n) is 13.4. The van der Waals surface area contributed by atoms with Crippen molar-refractivity contribution >= 4 is 50.2 Å². The van der Waals surface area contributed by atoms with Crippen LogP contribution in [-0.2, 0) is 6.61 Å². The molecule has 10 heteroatoms. The van der Waals surface area contributed by atoms with Crippen LogP contribution < -0.4 is 20.2 Å². The molecule has 0 aliphatic rings. The van der Waals surface area contributed by atoms with E-state index in [1.54, 1.807) is 42.5 Å². The number of hydrogen-bond donors (Lipinski definition) is 2. The zero-order chi connectivity index (χ0) is 30.2. The monoisotopic (exact) mass is 658 g/mol. The average molecular weight is 660 g/mol. The lowest BCUT2D eigenvalue weighted by molar-refractivity contribution is 0.0955. The van der Waals surface area contributed by atoms with E-state index >= 15 is 0 Å². The fourth-order valence-corrected chi connectivity index (χ4v) is 5.39. The third-order valence-electron chi connectivity index (χ3n) is 6.29. The van der Waals surface area contributed by atoms with Crippen molar-refractivity contribution in [2.24, 2.45) is 5.10 Å². The molecule has 0 radical (unpaired) electrons. The molecule has 1 aromatic heterocycles. The maximum Gasteiger partial charge on any atom is 0.271 e. The number of anilines is 2. The number of hydrogen-bond acceptors (Lipinski definition) is 7. The van der Waals surface area contributed by atoms with Crippen LogP contribution in [0, 0.1) is 12.7 Å². The molecule has 1 amide bonds. The van der Waals surface area contributed by atoms with Crippen LogP contribution in [0.1, 0.15) is 34.0 Å². The first-order valence-corrected chi connectivity index (χ1v) is 15.1. The van der Waals surface area contributed by atoms with Gasteiger partial charge < -0.3 is 14.8 Å². The topological polar surface area (TPSA) is 84.8 Å². The SMILES string of the molecule is CCOc1cc(/C=N\NC(=O)c2ccc(-c3csc(Nc4ccc(C)cc4)n3)cc2)cc(Br)c1OCc1ccccc1F. The Morgan fingerprint density at radius 2 is 1.81 bits per heavy atom. The molecule has 0 aliphatic carbocycles. The third kappa shape index (κ3) is 7.85. The summed E-state index contributed by atoms with van der Waals surface area (Å²) in [6.07, 6.45) is 1.51. The molecule has 5 rings (SSSR count). The molecular formula is C33H28BrFN4O3S. The number of aryl methyl sites for hydroxylation is 1. The van der Waals surface area contributed by atoms with Gasteiger partial charge in [-0.1, -0.05) is 48.0 Å². The van der Waals surface area contributed by atoms with Crippen LogP contribution in [0.15, 0.2) is 99.9 Å². The second-order valence-electron chi connectivity index (χ2n) is 9.45. The Morgan fingerprint density at radius 1 is 1.05 bits per heavy atom. The summed E-state index contributed by atoms with van der Waals surface area (Å²) >= 11 is 5.02. The lowest BCUT2D eigenvalue weighted by Gasteiger charge is -2.15. The number of aromatic nitrogens is 1. The quantitative estimate of drug-likeness (QED) is 0.110. The molecule has 0 unspecified atom stereocenters. The van der Waals surface area contributed by atoms with E-state index in [2.05, 4.69) is 36.8 Å². The average Bonchev–Trinajstić information content (AvgIpc) is 3.47. The van der Waals surface area contributed by atoms with Gasteiger partial charge in [0.2, 0.25) is 0 Å². The fourth-order valence-electron chi connectivity index (χ4n) is 4.08. The maximum absolute atomic E-state index is 14.0. The molecular weight excluding hydrogens is 631 g/mol. The standard InChI is InChI=1S/C33H28BrFN4O3S/c1-3-41-30-17-22(16-27(34)31(30)42-19-25-6-4-5-7-28(25)35)18-36-39-32(40)24-12-10-23(11-13-24)29-20-43-33(38-29)37-26-14-8-21(2)9-15-26/h4-18,20H,3,19H2,1-2H3,(H,37,38)(H,39,40)/b36-18-. The Kier molecular flexibility index (Phi) is 9.81. The molecule has 0 saturated heterocycles. The van der Waals surface area contributed by atoms with Crippen molar-refractivity contribution in [2.45, 2.75) is 20.5 Å². The van der Waals surface area contributed by atoms with Crippen molar-refractivity contribution in [3.8, 4) is 22.8 Å². The molecule has 4 aromatic carbocycles. The van der Waals surface area contributed by atoms with Gasteiger partial charge in [-0.25, -0.2) is 14.8 Å². The lowest BCUT2D eigenvalue weighted by Crippen LogP contribution is -2.17. The van der Waals surface area contributed by atoms with E-state index in [0.717, 1.165) is 22.1 Å². The van der Waals surface area contributed by atoms with E-state index in [1.165, 1.54) is 29.2 Å². The van der Waals surface area contributed by atoms with Gasteiger partial charge in [-0.2, -0.15) is 5.10 Å². The van der Waals surface area contributed by atoms with E-state index < -0.39 is 0 Å². The molecule has 0 fully saturated rings. The summed E-state index contributed by atoms with van der Waals surface area (Å²) in [5.41, 5.74) is 8.02. The number of thiazole rings is 1. The van der Waals surface area contributed by atoms with Crippen LogP contribution in [0.4, 0.5) is 15.2 Å². The number of rotatable bonds is 11. The predicted molar refractivity (Wildman–Crippen MR) is 173 cm³/mol. The van der Waals surface area contributed by atoms with Crippen molar-refractivity contribution in [3.63, 3.8) is 0 Å². The highest BCUT2D eigenvalue weighted by Crippen LogP contribution is 2.37. The summed E-state index contributed by atoms with van der Waals surface area (Å²) in [6, 6.07) is 25.3. The second-order valence-corrected chi connectivity index (χ2v) is 11.2. The summed E-state index contributed by atoms with van der Waals surface area (Å²) < 4.78 is 26.3. The Hall–Kier alpha value is -4.54. The summed E-state index contributed by atoms with van der Waals surface area (Å²) in [6.45, 7) is 4.35. The highest BCUT2D eigenvalue weighted by molar-refractivity contribution is 9.10. The van der Waals surface area contributed by atoms with Crippen molar-refractivity contribution < 1.29 is 18.7 Å². The van der Waals surface area contributed by atoms with Gasteiger partial charge in [-0.3, -0.25) is 4.79 Å². The zero-order valence-electron chi connectivity index (χ0n) is 23.4. The van der Waals surface area contributed by atoms with E-state index in [4.69, 9.17) is 9.47 Å². The number of nitrogens with zero attached hydrogens (tertiary/aromatic N) is 2. The molecule has 0 saturated carbocycles. The van der Waals surface area contributed by atoms with Crippen molar-refractivity contribution in [2.75, 3.05) is 11.9 Å². The summed E-state index contributed by atoms with van der Waals surface area (Å²) in [5, 5.41) is 10.2. The molecule has 218 valence electrons. The molecule has 1 heterocycles. The van der Waals surface area contributed by atoms with Crippen LogP contribution in [0.2, 0.25) is 0 Å². The maximum atomic E-state index is 14.0. The van der Waals surface area contributed by atoms with Gasteiger partial charge in [-0.15, -0.1) is 11.3 Å². The van der Waals surface area contributed by atoms with Gasteiger partial charge in [-0.05, 0) is 77.8 Å². The second kappa shape index (κ2) is 14.1. The fraction of sp³-hybridized carbons (Fsp3) is 0.121. The van der Waals surface area contributed by atoms with E-state index in [0.29, 0.717) is 39.3 Å². The van der Waals surface area contributed by atoms with E-state index in [1.807, 2.05) is 55.6 Å². The summed E-state index contributed by atoms with van der Waals surface area (Å²) in [7, 11) is 0. The van der Waals surface area contributed by atoms with Crippen LogP contribution in [0.5, 0.6) is 11.5 Å². The summed E-state index contributed by atoms with van der Waals surface area (Å²) in [5.74, 6) is 0.228. The van der Waals surface area contributed by atoms with Gasteiger partial charge in [0, 0.05) is 27.8 Å². The van der Waals surface area contributed by atoms with Gasteiger partial charge in [0.05, 0.1) is 23.0 Å². The normalized spacial score (nSPS) is 11.0. The Bertz CT molecular complexity index is 1740. The zero-order valence-corrected chi connectivity index (χ0v) is 25.8. The van der Waals surface area contributed by atoms with Gasteiger partial charge in [0.1, 0.15) is 12.4 Å². The molecule has 0 aliphatic heterocycles. The van der Waals surface area contributed by atoms with E-state index in [-0.39, 0.29) is 18.3 Å². The number of carbonyl (C=O) groups excluding carboxylic acids is 1. The van der Waals surface area contributed by atoms with E-state index in [9.17, 15) is 9.18 Å². The first-order chi connectivity index (χ1) is 20.9. The molecule has 5 aromatic rings. The van der Waals surface area contributed by atoms with Crippen molar-refractivity contribution in [1.82, 2.24) is 10.4 Å². The minimum Gasteiger partial charge on any atom is -0.490 e. The largest absolute Gasteiger partial charge is 0.490 e. The van der Waals surface area contributed by atoms with Crippen molar-refractivity contribution in [3.05, 3.63) is 123 Å². The smallest absolute Gasteiger partial charge is 0.271 e. The highest BCUT2D eigenvalue weighted by Gasteiger charge is 2.14. The highest BCUT2D eigenvalue weighted by atomic mass is 79.9. The number of carbonyl (C=O) groups is 1. The van der Waals surface area contributed by atoms with Crippen LogP contribution in [0.3, 0.4) is 0 Å². The Balaban J connectivity index is 1.20. The molecule has 2 N–H and O–H groups in total.